The first-order valence-electron chi connectivity index (χ1n) is 8.94. The fourth-order valence-electron chi connectivity index (χ4n) is 2.96. The molecule has 2 aromatic rings. The molecule has 6 heteroatoms. The van der Waals surface area contributed by atoms with Crippen molar-refractivity contribution in [3.8, 4) is 11.5 Å². The Morgan fingerprint density at radius 2 is 1.92 bits per heavy atom. The first kappa shape index (κ1) is 16.7. The summed E-state index contributed by atoms with van der Waals surface area (Å²) in [6.07, 6.45) is 3.17. The van der Waals surface area contributed by atoms with Gasteiger partial charge < -0.3 is 20.5 Å². The third kappa shape index (κ3) is 3.90. The van der Waals surface area contributed by atoms with E-state index in [2.05, 4.69) is 10.3 Å². The molecule has 0 aromatic heterocycles. The fraction of sp³-hybridized carbons (Fsp3) is 0.350. The molecule has 3 N–H and O–H groups in total. The minimum atomic E-state index is -0.221. The summed E-state index contributed by atoms with van der Waals surface area (Å²) in [5, 5.41) is 3.01. The maximum absolute atomic E-state index is 14.2. The summed E-state index contributed by atoms with van der Waals surface area (Å²) < 4.78 is 25.4. The lowest BCUT2D eigenvalue weighted by Gasteiger charge is -2.11. The number of rotatable bonds is 4. The van der Waals surface area contributed by atoms with E-state index in [1.807, 2.05) is 24.3 Å². The number of aliphatic imine (C=N–C) groups is 1. The normalized spacial score (nSPS) is 16.9. The van der Waals surface area contributed by atoms with Crippen LogP contribution in [0.1, 0.15) is 36.3 Å². The van der Waals surface area contributed by atoms with Crippen LogP contribution in [-0.4, -0.2) is 19.2 Å². The van der Waals surface area contributed by atoms with Crippen LogP contribution in [-0.2, 0) is 6.54 Å². The summed E-state index contributed by atoms with van der Waals surface area (Å²) in [4.78, 5) is 4.24. The van der Waals surface area contributed by atoms with Gasteiger partial charge in [-0.2, -0.15) is 0 Å². The lowest BCUT2D eigenvalue weighted by molar-refractivity contribution is 0.297. The van der Waals surface area contributed by atoms with Gasteiger partial charge in [0.15, 0.2) is 17.5 Å². The number of guanidine groups is 1. The third-order valence-corrected chi connectivity index (χ3v) is 4.57. The Hall–Kier alpha value is -2.76. The molecule has 2 aromatic carbocycles. The standard InChI is InChI=1S/C20H22FN3O2/c21-17-10-14(13-2-3-13)4-5-15(17)12-23-20(22)24-16-6-7-18-19(11-16)26-9-1-8-25-18/h4-7,10-11,13H,1-3,8-9,12H2,(H3,22,23,24). The summed E-state index contributed by atoms with van der Waals surface area (Å²) in [7, 11) is 0. The summed E-state index contributed by atoms with van der Waals surface area (Å²) in [5.74, 6) is 1.95. The van der Waals surface area contributed by atoms with Crippen LogP contribution in [0.4, 0.5) is 10.1 Å². The molecule has 1 aliphatic heterocycles. The van der Waals surface area contributed by atoms with E-state index in [-0.39, 0.29) is 18.3 Å². The van der Waals surface area contributed by atoms with Gasteiger partial charge in [0, 0.05) is 23.7 Å². The van der Waals surface area contributed by atoms with E-state index in [1.165, 1.54) is 0 Å². The average Bonchev–Trinajstić information content (AvgIpc) is 3.47. The van der Waals surface area contributed by atoms with Crippen LogP contribution in [0.2, 0.25) is 0 Å². The number of benzene rings is 2. The van der Waals surface area contributed by atoms with E-state index in [0.29, 0.717) is 30.4 Å². The maximum Gasteiger partial charge on any atom is 0.193 e. The van der Waals surface area contributed by atoms with Gasteiger partial charge in [-0.05, 0) is 42.5 Å². The highest BCUT2D eigenvalue weighted by atomic mass is 19.1. The zero-order valence-corrected chi connectivity index (χ0v) is 14.5. The molecule has 0 amide bonds. The van der Waals surface area contributed by atoms with Crippen molar-refractivity contribution in [2.45, 2.75) is 31.7 Å². The molecular weight excluding hydrogens is 333 g/mol. The zero-order chi connectivity index (χ0) is 17.9. The monoisotopic (exact) mass is 355 g/mol. The molecule has 26 heavy (non-hydrogen) atoms. The second kappa shape index (κ2) is 7.23. The van der Waals surface area contributed by atoms with Gasteiger partial charge in [-0.25, -0.2) is 9.38 Å². The Balaban J connectivity index is 1.41. The van der Waals surface area contributed by atoms with Crippen molar-refractivity contribution < 1.29 is 13.9 Å². The summed E-state index contributed by atoms with van der Waals surface area (Å²) in [5.41, 5.74) is 8.31. The molecule has 1 aliphatic carbocycles. The highest BCUT2D eigenvalue weighted by Gasteiger charge is 2.24. The van der Waals surface area contributed by atoms with Gasteiger partial charge in [-0.15, -0.1) is 0 Å². The van der Waals surface area contributed by atoms with E-state index >= 15 is 0 Å². The number of nitrogens with zero attached hydrogens (tertiary/aromatic N) is 1. The van der Waals surface area contributed by atoms with Crippen molar-refractivity contribution >= 4 is 11.6 Å². The van der Waals surface area contributed by atoms with E-state index in [1.54, 1.807) is 12.1 Å². The number of ether oxygens (including phenoxy) is 2. The molecule has 5 nitrogen and oxygen atoms in total. The topological polar surface area (TPSA) is 68.9 Å². The van der Waals surface area contributed by atoms with Crippen molar-refractivity contribution in [1.29, 1.82) is 0 Å². The van der Waals surface area contributed by atoms with E-state index in [4.69, 9.17) is 15.2 Å². The quantitative estimate of drug-likeness (QED) is 0.647. The van der Waals surface area contributed by atoms with Crippen LogP contribution in [0.15, 0.2) is 41.4 Å². The molecule has 2 aliphatic rings. The molecule has 1 heterocycles. The molecule has 4 rings (SSSR count). The predicted molar refractivity (Wildman–Crippen MR) is 99.4 cm³/mol. The fourth-order valence-corrected chi connectivity index (χ4v) is 2.96. The van der Waals surface area contributed by atoms with E-state index in [9.17, 15) is 4.39 Å². The largest absolute Gasteiger partial charge is 0.490 e. The summed E-state index contributed by atoms with van der Waals surface area (Å²) in [6.45, 7) is 1.46. The van der Waals surface area contributed by atoms with Gasteiger partial charge >= 0.3 is 0 Å². The average molecular weight is 355 g/mol. The van der Waals surface area contributed by atoms with Crippen LogP contribution in [0.3, 0.4) is 0 Å². The number of hydrogen-bond acceptors (Lipinski definition) is 3. The van der Waals surface area contributed by atoms with Gasteiger partial charge in [-0.3, -0.25) is 0 Å². The first-order valence-corrected chi connectivity index (χ1v) is 8.94. The predicted octanol–water partition coefficient (Wildman–Crippen LogP) is 3.79. The van der Waals surface area contributed by atoms with Gasteiger partial charge in [0.1, 0.15) is 5.82 Å². The van der Waals surface area contributed by atoms with Crippen LogP contribution >= 0.6 is 0 Å². The molecule has 0 bridgehead atoms. The zero-order valence-electron chi connectivity index (χ0n) is 14.5. The number of nitrogens with one attached hydrogen (secondary N) is 1. The Morgan fingerprint density at radius 3 is 2.69 bits per heavy atom. The van der Waals surface area contributed by atoms with Crippen molar-refractivity contribution in [2.24, 2.45) is 10.7 Å². The van der Waals surface area contributed by atoms with E-state index < -0.39 is 0 Å². The third-order valence-electron chi connectivity index (χ3n) is 4.57. The van der Waals surface area contributed by atoms with Gasteiger partial charge in [0.05, 0.1) is 19.8 Å². The lowest BCUT2D eigenvalue weighted by atomic mass is 10.1. The number of anilines is 1. The highest BCUT2D eigenvalue weighted by Crippen LogP contribution is 2.40. The number of fused-ring (bicyclic) bond motifs is 1. The molecule has 1 saturated carbocycles. The Bertz CT molecular complexity index is 834. The smallest absolute Gasteiger partial charge is 0.193 e. The lowest BCUT2D eigenvalue weighted by Crippen LogP contribution is -2.22. The molecule has 0 spiro atoms. The van der Waals surface area contributed by atoms with Crippen molar-refractivity contribution in [1.82, 2.24) is 0 Å². The summed E-state index contributed by atoms with van der Waals surface area (Å²) >= 11 is 0. The molecule has 1 fully saturated rings. The molecule has 136 valence electrons. The summed E-state index contributed by atoms with van der Waals surface area (Å²) in [6, 6.07) is 10.9. The molecule has 0 unspecified atom stereocenters. The van der Waals surface area contributed by atoms with Crippen LogP contribution in [0.5, 0.6) is 11.5 Å². The molecule has 0 radical (unpaired) electrons. The van der Waals surface area contributed by atoms with Crippen LogP contribution < -0.4 is 20.5 Å². The van der Waals surface area contributed by atoms with Crippen molar-refractivity contribution in [2.75, 3.05) is 18.5 Å². The Labute approximate surface area is 152 Å². The Kier molecular flexibility index (Phi) is 4.65. The highest BCUT2D eigenvalue weighted by molar-refractivity contribution is 5.92. The molecule has 0 atom stereocenters. The number of halogens is 1. The van der Waals surface area contributed by atoms with Crippen molar-refractivity contribution in [3.63, 3.8) is 0 Å². The van der Waals surface area contributed by atoms with Gasteiger partial charge in [0.2, 0.25) is 0 Å². The molecular formula is C20H22FN3O2. The number of nitrogens with two attached hydrogens (primary N) is 1. The Morgan fingerprint density at radius 1 is 1.12 bits per heavy atom. The van der Waals surface area contributed by atoms with Crippen LogP contribution in [0.25, 0.3) is 0 Å². The minimum Gasteiger partial charge on any atom is -0.490 e. The SMILES string of the molecule is NC(=NCc1ccc(C2CC2)cc1F)Nc1ccc2c(c1)OCCCO2. The maximum atomic E-state index is 14.2. The van der Waals surface area contributed by atoms with Gasteiger partial charge in [-0.1, -0.05) is 12.1 Å². The van der Waals surface area contributed by atoms with Crippen LogP contribution in [0, 0.1) is 5.82 Å². The first-order chi connectivity index (χ1) is 12.7. The van der Waals surface area contributed by atoms with E-state index in [0.717, 1.165) is 36.3 Å². The number of hydrogen-bond donors (Lipinski definition) is 2. The molecule has 0 saturated heterocycles. The van der Waals surface area contributed by atoms with Crippen molar-refractivity contribution in [3.05, 3.63) is 53.3 Å². The second-order valence-electron chi connectivity index (χ2n) is 6.66. The minimum absolute atomic E-state index is 0.195. The van der Waals surface area contributed by atoms with Gasteiger partial charge in [0.25, 0.3) is 0 Å². The second-order valence-corrected chi connectivity index (χ2v) is 6.66.